The van der Waals surface area contributed by atoms with Crippen molar-refractivity contribution < 1.29 is 19.5 Å². The molecule has 1 fully saturated rings. The molecule has 10 heteroatoms. The lowest BCUT2D eigenvalue weighted by Crippen LogP contribution is -2.63. The summed E-state index contributed by atoms with van der Waals surface area (Å²) in [5.41, 5.74) is 7.84. The molecule has 7 N–H and O–H groups in total. The van der Waals surface area contributed by atoms with E-state index < -0.39 is 17.6 Å². The Morgan fingerprint density at radius 2 is 1.69 bits per heavy atom. The van der Waals surface area contributed by atoms with Crippen molar-refractivity contribution in [3.05, 3.63) is 82.9 Å². The summed E-state index contributed by atoms with van der Waals surface area (Å²) in [5.74, 6) is -1.67. The van der Waals surface area contributed by atoms with E-state index >= 15 is 0 Å². The number of nitrogens with one attached hydrogen (secondary N) is 4. The summed E-state index contributed by atoms with van der Waals surface area (Å²) < 4.78 is 0. The lowest BCUT2D eigenvalue weighted by atomic mass is 9.82. The highest BCUT2D eigenvalue weighted by molar-refractivity contribution is 5.97. The predicted octanol–water partition coefficient (Wildman–Crippen LogP) is 3.44. The number of aliphatic carboxylic acids is 1. The summed E-state index contributed by atoms with van der Waals surface area (Å²) in [6.07, 6.45) is 5.44. The number of nitrogens with two attached hydrogens (primary N) is 1. The highest BCUT2D eigenvalue weighted by atomic mass is 35.5. The summed E-state index contributed by atoms with van der Waals surface area (Å²) in [5, 5.41) is 28.2. The van der Waals surface area contributed by atoms with Gasteiger partial charge in [0.15, 0.2) is 0 Å². The van der Waals surface area contributed by atoms with Gasteiger partial charge in [0, 0.05) is 24.9 Å². The fourth-order valence-electron chi connectivity index (χ4n) is 6.36. The Labute approximate surface area is 251 Å². The van der Waals surface area contributed by atoms with Crippen molar-refractivity contribution in [1.82, 2.24) is 16.0 Å². The summed E-state index contributed by atoms with van der Waals surface area (Å²) in [4.78, 5) is 39.4. The van der Waals surface area contributed by atoms with Crippen LogP contribution in [0.4, 0.5) is 0 Å². The molecule has 3 aromatic carbocycles. The third-order valence-corrected chi connectivity index (χ3v) is 8.50. The zero-order chi connectivity index (χ0) is 29.0. The zero-order valence-electron chi connectivity index (χ0n) is 23.4. The number of amides is 2. The van der Waals surface area contributed by atoms with Crippen molar-refractivity contribution in [2.75, 3.05) is 6.54 Å². The number of carbonyl (C=O) groups is 3. The van der Waals surface area contributed by atoms with Crippen LogP contribution in [-0.2, 0) is 33.8 Å². The lowest BCUT2D eigenvalue weighted by molar-refractivity contribution is -0.138. The average molecular weight is 592 g/mol. The van der Waals surface area contributed by atoms with Crippen LogP contribution in [0.5, 0.6) is 0 Å². The third kappa shape index (κ3) is 6.74. The molecule has 2 atom stereocenters. The van der Waals surface area contributed by atoms with E-state index in [-0.39, 0.29) is 49.1 Å². The Balaban J connectivity index is 0.00000405. The number of hydrogen-bond acceptors (Lipinski definition) is 5. The Bertz CT molecular complexity index is 1470. The molecule has 1 unspecified atom stereocenters. The SMILES string of the molecule is Cl.N=C(N)c1ccc(CNC(=O)C2(NC(=O)[C@H](NCC(=O)O)C3CCCCC3)Cc3ccc4ccccc4c3C2)cc1. The zero-order valence-corrected chi connectivity index (χ0v) is 24.3. The monoisotopic (exact) mass is 591 g/mol. The normalized spacial score (nSPS) is 18.9. The number of rotatable bonds is 10. The van der Waals surface area contributed by atoms with Crippen molar-refractivity contribution in [2.24, 2.45) is 11.7 Å². The summed E-state index contributed by atoms with van der Waals surface area (Å²) >= 11 is 0. The summed E-state index contributed by atoms with van der Waals surface area (Å²) in [6.45, 7) is -0.0794. The molecule has 42 heavy (non-hydrogen) atoms. The van der Waals surface area contributed by atoms with Gasteiger partial charge in [0.25, 0.3) is 0 Å². The van der Waals surface area contributed by atoms with Gasteiger partial charge in [-0.15, -0.1) is 12.4 Å². The number of carboxylic acid groups (broad SMARTS) is 1. The first-order valence-electron chi connectivity index (χ1n) is 14.2. The molecule has 3 aromatic rings. The van der Waals surface area contributed by atoms with Gasteiger partial charge in [-0.05, 0) is 46.2 Å². The second-order valence-corrected chi connectivity index (χ2v) is 11.3. The maximum atomic E-state index is 14.0. The molecule has 9 nitrogen and oxygen atoms in total. The Morgan fingerprint density at radius 3 is 2.38 bits per heavy atom. The van der Waals surface area contributed by atoms with Crippen LogP contribution >= 0.6 is 12.4 Å². The number of fused-ring (bicyclic) bond motifs is 3. The molecule has 2 aliphatic rings. The van der Waals surface area contributed by atoms with Gasteiger partial charge in [-0.3, -0.25) is 25.1 Å². The topological polar surface area (TPSA) is 157 Å². The number of amidine groups is 1. The van der Waals surface area contributed by atoms with Crippen molar-refractivity contribution in [2.45, 2.75) is 63.1 Å². The molecule has 2 aliphatic carbocycles. The van der Waals surface area contributed by atoms with Crippen molar-refractivity contribution in [1.29, 1.82) is 5.41 Å². The molecular weight excluding hydrogens is 554 g/mol. The first kappa shape index (κ1) is 31.0. The van der Waals surface area contributed by atoms with Gasteiger partial charge < -0.3 is 21.5 Å². The first-order chi connectivity index (χ1) is 19.8. The van der Waals surface area contributed by atoms with E-state index in [2.05, 4.69) is 16.0 Å². The minimum Gasteiger partial charge on any atom is -0.480 e. The van der Waals surface area contributed by atoms with Crippen molar-refractivity contribution in [3.63, 3.8) is 0 Å². The molecule has 0 saturated heterocycles. The van der Waals surface area contributed by atoms with Gasteiger partial charge >= 0.3 is 5.97 Å². The molecule has 222 valence electrons. The van der Waals surface area contributed by atoms with Crippen LogP contribution in [0.3, 0.4) is 0 Å². The van der Waals surface area contributed by atoms with Gasteiger partial charge in [0.05, 0.1) is 12.6 Å². The number of nitrogen functional groups attached to an aromatic ring is 1. The number of carbonyl (C=O) groups excluding carboxylic acids is 2. The second-order valence-electron chi connectivity index (χ2n) is 11.3. The minimum absolute atomic E-state index is 0. The number of benzene rings is 3. The van der Waals surface area contributed by atoms with Crippen molar-refractivity contribution >= 4 is 46.8 Å². The number of halogens is 1. The van der Waals surface area contributed by atoms with E-state index in [9.17, 15) is 19.5 Å². The van der Waals surface area contributed by atoms with Crippen LogP contribution in [0.1, 0.15) is 54.4 Å². The molecule has 0 bridgehead atoms. The standard InChI is InChI=1S/C32H37N5O4.ClH/c33-29(34)23-12-10-20(11-13-23)18-36-31(41)32(16-24-15-14-21-6-4-5-9-25(21)26(24)17-32)37-30(40)28(35-19-27(38)39)22-7-2-1-3-8-22;/h4-6,9-15,22,28,35H,1-3,7-8,16-19H2,(H3,33,34)(H,36,41)(H,37,40)(H,38,39);1H/t28-,32?;/m1./s1. The Hall–Kier alpha value is -3.95. The van der Waals surface area contributed by atoms with Crippen LogP contribution in [0, 0.1) is 11.3 Å². The molecule has 2 amide bonds. The summed E-state index contributed by atoms with van der Waals surface area (Å²) in [6, 6.07) is 18.5. The smallest absolute Gasteiger partial charge is 0.317 e. The van der Waals surface area contributed by atoms with Crippen LogP contribution in [-0.4, -0.2) is 46.9 Å². The van der Waals surface area contributed by atoms with E-state index in [0.29, 0.717) is 18.4 Å². The quantitative estimate of drug-likeness (QED) is 0.157. The molecule has 0 aliphatic heterocycles. The van der Waals surface area contributed by atoms with Crippen molar-refractivity contribution in [3.8, 4) is 0 Å². The van der Waals surface area contributed by atoms with Gasteiger partial charge in [0.2, 0.25) is 11.8 Å². The van der Waals surface area contributed by atoms with Crippen LogP contribution in [0.2, 0.25) is 0 Å². The largest absolute Gasteiger partial charge is 0.480 e. The maximum absolute atomic E-state index is 14.0. The van der Waals surface area contributed by atoms with E-state index in [1.807, 2.05) is 48.5 Å². The molecular formula is C32H38ClN5O4. The molecule has 0 spiro atoms. The second kappa shape index (κ2) is 13.4. The molecule has 0 heterocycles. The van der Waals surface area contributed by atoms with Crippen LogP contribution in [0.25, 0.3) is 10.8 Å². The minimum atomic E-state index is -1.22. The fourth-order valence-corrected chi connectivity index (χ4v) is 6.36. The first-order valence-corrected chi connectivity index (χ1v) is 14.2. The molecule has 0 aromatic heterocycles. The van der Waals surface area contributed by atoms with E-state index in [0.717, 1.165) is 59.6 Å². The highest BCUT2D eigenvalue weighted by Gasteiger charge is 2.47. The van der Waals surface area contributed by atoms with Gasteiger partial charge in [-0.1, -0.05) is 79.9 Å². The van der Waals surface area contributed by atoms with Gasteiger partial charge in [-0.2, -0.15) is 0 Å². The Kier molecular flexibility index (Phi) is 9.85. The average Bonchev–Trinajstić information content (AvgIpc) is 3.36. The lowest BCUT2D eigenvalue weighted by Gasteiger charge is -2.35. The van der Waals surface area contributed by atoms with Crippen LogP contribution in [0.15, 0.2) is 60.7 Å². The van der Waals surface area contributed by atoms with Crippen LogP contribution < -0.4 is 21.7 Å². The number of carboxylic acids is 1. The summed E-state index contributed by atoms with van der Waals surface area (Å²) in [7, 11) is 0. The van der Waals surface area contributed by atoms with E-state index in [1.54, 1.807) is 12.1 Å². The van der Waals surface area contributed by atoms with Gasteiger partial charge in [0.1, 0.15) is 11.4 Å². The molecule has 1 saturated carbocycles. The number of hydrogen-bond donors (Lipinski definition) is 6. The third-order valence-electron chi connectivity index (χ3n) is 8.50. The maximum Gasteiger partial charge on any atom is 0.317 e. The van der Waals surface area contributed by atoms with Gasteiger partial charge in [-0.25, -0.2) is 0 Å². The van der Waals surface area contributed by atoms with E-state index in [4.69, 9.17) is 11.1 Å². The Morgan fingerprint density at radius 1 is 0.976 bits per heavy atom. The highest BCUT2D eigenvalue weighted by Crippen LogP contribution is 2.36. The molecule has 0 radical (unpaired) electrons. The van der Waals surface area contributed by atoms with E-state index in [1.165, 1.54) is 0 Å². The molecule has 5 rings (SSSR count). The predicted molar refractivity (Wildman–Crippen MR) is 165 cm³/mol. The fraction of sp³-hybridized carbons (Fsp3) is 0.375.